The van der Waals surface area contributed by atoms with Gasteiger partial charge in [-0.3, -0.25) is 4.79 Å². The van der Waals surface area contributed by atoms with Crippen molar-refractivity contribution in [3.8, 4) is 0 Å². The van der Waals surface area contributed by atoms with E-state index in [4.69, 9.17) is 4.74 Å². The fourth-order valence-corrected chi connectivity index (χ4v) is 1.84. The first-order valence-corrected chi connectivity index (χ1v) is 6.10. The average Bonchev–Trinajstić information content (AvgIpc) is 2.39. The Balaban J connectivity index is 2.62. The highest BCUT2D eigenvalue weighted by molar-refractivity contribution is 5.75. The summed E-state index contributed by atoms with van der Waals surface area (Å²) in [6.45, 7) is 4.81. The van der Waals surface area contributed by atoms with Gasteiger partial charge in [0, 0.05) is 6.54 Å². The van der Waals surface area contributed by atoms with Gasteiger partial charge in [-0.25, -0.2) is 0 Å². The van der Waals surface area contributed by atoms with E-state index in [1.807, 2.05) is 19.1 Å². The monoisotopic (exact) mass is 235 g/mol. The summed E-state index contributed by atoms with van der Waals surface area (Å²) >= 11 is 0. The molecule has 0 aliphatic heterocycles. The standard InChI is InChI=1S/C14H21NO2/c1-4-11-8-6-7-9-12(11)10-15-13(5-2)14(16)17-3/h6-9,13,15H,4-5,10H2,1-3H3. The van der Waals surface area contributed by atoms with E-state index >= 15 is 0 Å². The molecule has 1 atom stereocenters. The first-order chi connectivity index (χ1) is 8.22. The van der Waals surface area contributed by atoms with Crippen LogP contribution in [0.3, 0.4) is 0 Å². The van der Waals surface area contributed by atoms with Gasteiger partial charge < -0.3 is 10.1 Å². The zero-order chi connectivity index (χ0) is 12.7. The van der Waals surface area contributed by atoms with Crippen molar-refractivity contribution in [1.29, 1.82) is 0 Å². The number of aryl methyl sites for hydroxylation is 1. The number of hydrogen-bond acceptors (Lipinski definition) is 3. The molecule has 0 bridgehead atoms. The maximum absolute atomic E-state index is 11.4. The van der Waals surface area contributed by atoms with Crippen molar-refractivity contribution in [2.24, 2.45) is 0 Å². The lowest BCUT2D eigenvalue weighted by Crippen LogP contribution is -2.36. The summed E-state index contributed by atoms with van der Waals surface area (Å²) in [5.74, 6) is -0.193. The Bertz CT molecular complexity index is 363. The largest absolute Gasteiger partial charge is 0.468 e. The molecule has 1 unspecified atom stereocenters. The molecule has 1 aromatic rings. The van der Waals surface area contributed by atoms with E-state index < -0.39 is 0 Å². The molecule has 3 heteroatoms. The van der Waals surface area contributed by atoms with Gasteiger partial charge in [-0.2, -0.15) is 0 Å². The van der Waals surface area contributed by atoms with Crippen LogP contribution in [0.1, 0.15) is 31.4 Å². The average molecular weight is 235 g/mol. The van der Waals surface area contributed by atoms with Crippen LogP contribution in [0.25, 0.3) is 0 Å². The summed E-state index contributed by atoms with van der Waals surface area (Å²) in [5.41, 5.74) is 2.57. The maximum Gasteiger partial charge on any atom is 0.322 e. The van der Waals surface area contributed by atoms with Crippen LogP contribution in [0, 0.1) is 0 Å². The molecule has 0 aliphatic rings. The Kier molecular flexibility index (Phi) is 5.70. The van der Waals surface area contributed by atoms with Crippen LogP contribution in [0.15, 0.2) is 24.3 Å². The van der Waals surface area contributed by atoms with Gasteiger partial charge in [-0.15, -0.1) is 0 Å². The quantitative estimate of drug-likeness (QED) is 0.769. The van der Waals surface area contributed by atoms with Crippen LogP contribution in [-0.4, -0.2) is 19.1 Å². The first kappa shape index (κ1) is 13.7. The van der Waals surface area contributed by atoms with E-state index in [1.54, 1.807) is 0 Å². The third kappa shape index (κ3) is 3.86. The Morgan fingerprint density at radius 3 is 2.47 bits per heavy atom. The summed E-state index contributed by atoms with van der Waals surface area (Å²) in [6, 6.07) is 8.06. The maximum atomic E-state index is 11.4. The molecule has 0 saturated carbocycles. The van der Waals surface area contributed by atoms with Crippen molar-refractivity contribution in [3.63, 3.8) is 0 Å². The number of hydrogen-bond donors (Lipinski definition) is 1. The molecular formula is C14H21NO2. The lowest BCUT2D eigenvalue weighted by atomic mass is 10.0. The fourth-order valence-electron chi connectivity index (χ4n) is 1.84. The third-order valence-corrected chi connectivity index (χ3v) is 2.93. The number of benzene rings is 1. The van der Waals surface area contributed by atoms with E-state index in [-0.39, 0.29) is 12.0 Å². The SMILES string of the molecule is CCc1ccccc1CNC(CC)C(=O)OC. The molecule has 0 saturated heterocycles. The fraction of sp³-hybridized carbons (Fsp3) is 0.500. The molecule has 1 N–H and O–H groups in total. The van der Waals surface area contributed by atoms with Gasteiger partial charge in [0.05, 0.1) is 7.11 Å². The third-order valence-electron chi connectivity index (χ3n) is 2.93. The summed E-state index contributed by atoms with van der Waals surface area (Å²) in [6.07, 6.45) is 1.74. The number of ether oxygens (including phenoxy) is 1. The predicted octanol–water partition coefficient (Wildman–Crippen LogP) is 2.29. The second kappa shape index (κ2) is 7.07. The lowest BCUT2D eigenvalue weighted by molar-refractivity contribution is -0.143. The molecule has 0 aromatic heterocycles. The normalized spacial score (nSPS) is 12.2. The Labute approximate surface area is 103 Å². The van der Waals surface area contributed by atoms with Gasteiger partial charge in [0.25, 0.3) is 0 Å². The Hall–Kier alpha value is -1.35. The molecule has 0 spiro atoms. The second-order valence-electron chi connectivity index (χ2n) is 3.99. The van der Waals surface area contributed by atoms with E-state index in [2.05, 4.69) is 24.4 Å². The minimum Gasteiger partial charge on any atom is -0.468 e. The second-order valence-corrected chi connectivity index (χ2v) is 3.99. The Morgan fingerprint density at radius 2 is 1.94 bits per heavy atom. The molecule has 17 heavy (non-hydrogen) atoms. The summed E-state index contributed by atoms with van der Waals surface area (Å²) in [7, 11) is 1.42. The predicted molar refractivity (Wildman–Crippen MR) is 68.8 cm³/mol. The molecule has 0 aliphatic carbocycles. The number of nitrogens with one attached hydrogen (secondary N) is 1. The van der Waals surface area contributed by atoms with Crippen LogP contribution in [0.2, 0.25) is 0 Å². The number of carbonyl (C=O) groups excluding carboxylic acids is 1. The van der Waals surface area contributed by atoms with Crippen LogP contribution in [0.5, 0.6) is 0 Å². The topological polar surface area (TPSA) is 38.3 Å². The molecule has 3 nitrogen and oxygen atoms in total. The number of carbonyl (C=O) groups is 1. The molecule has 0 fully saturated rings. The van der Waals surface area contributed by atoms with Crippen molar-refractivity contribution in [1.82, 2.24) is 5.32 Å². The van der Waals surface area contributed by atoms with Crippen molar-refractivity contribution in [2.75, 3.05) is 7.11 Å². The van der Waals surface area contributed by atoms with Gasteiger partial charge in [0.15, 0.2) is 0 Å². The first-order valence-electron chi connectivity index (χ1n) is 6.10. The summed E-state index contributed by atoms with van der Waals surface area (Å²) in [5, 5.41) is 3.24. The van der Waals surface area contributed by atoms with Gasteiger partial charge in [0.2, 0.25) is 0 Å². The van der Waals surface area contributed by atoms with Crippen LogP contribution in [0.4, 0.5) is 0 Å². The van der Waals surface area contributed by atoms with Crippen molar-refractivity contribution < 1.29 is 9.53 Å². The van der Waals surface area contributed by atoms with Crippen molar-refractivity contribution in [3.05, 3.63) is 35.4 Å². The van der Waals surface area contributed by atoms with E-state index in [1.165, 1.54) is 18.2 Å². The van der Waals surface area contributed by atoms with Gasteiger partial charge in [0.1, 0.15) is 6.04 Å². The number of rotatable bonds is 6. The van der Waals surface area contributed by atoms with Crippen LogP contribution >= 0.6 is 0 Å². The molecule has 1 aromatic carbocycles. The van der Waals surface area contributed by atoms with Crippen LogP contribution in [-0.2, 0) is 22.5 Å². The van der Waals surface area contributed by atoms with E-state index in [0.717, 1.165) is 12.8 Å². The smallest absolute Gasteiger partial charge is 0.322 e. The Morgan fingerprint density at radius 1 is 1.29 bits per heavy atom. The zero-order valence-electron chi connectivity index (χ0n) is 10.8. The number of esters is 1. The van der Waals surface area contributed by atoms with Gasteiger partial charge in [-0.1, -0.05) is 38.1 Å². The highest BCUT2D eigenvalue weighted by atomic mass is 16.5. The lowest BCUT2D eigenvalue weighted by Gasteiger charge is -2.15. The van der Waals surface area contributed by atoms with Crippen molar-refractivity contribution >= 4 is 5.97 Å². The van der Waals surface area contributed by atoms with E-state index in [9.17, 15) is 4.79 Å². The highest BCUT2D eigenvalue weighted by Crippen LogP contribution is 2.09. The van der Waals surface area contributed by atoms with Gasteiger partial charge in [-0.05, 0) is 24.0 Å². The molecule has 0 heterocycles. The molecular weight excluding hydrogens is 214 g/mol. The molecule has 94 valence electrons. The number of methoxy groups -OCH3 is 1. The summed E-state index contributed by atoms with van der Waals surface area (Å²) < 4.78 is 4.75. The minimum absolute atomic E-state index is 0.193. The highest BCUT2D eigenvalue weighted by Gasteiger charge is 2.15. The zero-order valence-corrected chi connectivity index (χ0v) is 10.8. The van der Waals surface area contributed by atoms with E-state index in [0.29, 0.717) is 6.54 Å². The van der Waals surface area contributed by atoms with Crippen molar-refractivity contribution in [2.45, 2.75) is 39.3 Å². The minimum atomic E-state index is -0.218. The molecule has 0 amide bonds. The summed E-state index contributed by atoms with van der Waals surface area (Å²) in [4.78, 5) is 11.4. The van der Waals surface area contributed by atoms with Crippen LogP contribution < -0.4 is 5.32 Å². The molecule has 0 radical (unpaired) electrons. The van der Waals surface area contributed by atoms with Gasteiger partial charge >= 0.3 is 5.97 Å². The molecule has 1 rings (SSSR count).